The molecule has 1 unspecified atom stereocenters. The maximum Gasteiger partial charge on any atom is 0.315 e. The van der Waals surface area contributed by atoms with Gasteiger partial charge in [-0.05, 0) is 47.5 Å². The largest absolute Gasteiger partial charge is 0.394 e. The zero-order valence-corrected chi connectivity index (χ0v) is 12.1. The molecule has 0 aliphatic carbocycles. The first-order valence-electron chi connectivity index (χ1n) is 6.61. The Balaban J connectivity index is 2.54. The smallest absolute Gasteiger partial charge is 0.315 e. The Kier molecular flexibility index (Phi) is 4.61. The predicted molar refractivity (Wildman–Crippen MR) is 72.5 cm³/mol. The van der Waals surface area contributed by atoms with E-state index >= 15 is 0 Å². The van der Waals surface area contributed by atoms with Gasteiger partial charge in [-0.3, -0.25) is 0 Å². The Bertz CT molecular complexity index is 287. The van der Waals surface area contributed by atoms with Crippen LogP contribution in [0.2, 0.25) is 0 Å². The highest BCUT2D eigenvalue weighted by atomic mass is 16.3. The Morgan fingerprint density at radius 1 is 1.33 bits per heavy atom. The van der Waals surface area contributed by atoms with Crippen LogP contribution in [0.25, 0.3) is 0 Å². The van der Waals surface area contributed by atoms with Gasteiger partial charge in [-0.25, -0.2) is 4.79 Å². The molecule has 0 bridgehead atoms. The van der Waals surface area contributed by atoms with Crippen LogP contribution in [0.5, 0.6) is 0 Å². The summed E-state index contributed by atoms with van der Waals surface area (Å²) in [5.74, 6) is 0. The highest BCUT2D eigenvalue weighted by molar-refractivity contribution is 5.74. The van der Waals surface area contributed by atoms with Gasteiger partial charge in [0.1, 0.15) is 0 Å². The average molecular weight is 257 g/mol. The summed E-state index contributed by atoms with van der Waals surface area (Å²) in [4.78, 5) is 11.7. The van der Waals surface area contributed by atoms with Crippen molar-refractivity contribution >= 4 is 6.03 Å². The van der Waals surface area contributed by atoms with E-state index in [9.17, 15) is 4.79 Å². The second-order valence-corrected chi connectivity index (χ2v) is 6.70. The minimum Gasteiger partial charge on any atom is -0.394 e. The van der Waals surface area contributed by atoms with Gasteiger partial charge in [0.15, 0.2) is 0 Å². The summed E-state index contributed by atoms with van der Waals surface area (Å²) in [6.45, 7) is 10.3. The van der Waals surface area contributed by atoms with Gasteiger partial charge in [0.05, 0.1) is 12.6 Å². The van der Waals surface area contributed by atoms with Crippen molar-refractivity contribution in [3.05, 3.63) is 0 Å². The predicted octanol–water partition coefficient (Wildman–Crippen LogP) is 0.976. The number of hydrogen-bond donors (Lipinski definition) is 4. The van der Waals surface area contributed by atoms with Crippen molar-refractivity contribution in [2.45, 2.75) is 70.6 Å². The molecule has 2 amide bonds. The van der Waals surface area contributed by atoms with E-state index in [-0.39, 0.29) is 35.8 Å². The normalized spacial score (nSPS) is 24.3. The lowest BCUT2D eigenvalue weighted by atomic mass is 9.80. The van der Waals surface area contributed by atoms with Crippen LogP contribution in [0, 0.1) is 0 Å². The van der Waals surface area contributed by atoms with E-state index in [2.05, 4.69) is 43.6 Å². The van der Waals surface area contributed by atoms with E-state index in [1.54, 1.807) is 6.92 Å². The molecule has 5 nitrogen and oxygen atoms in total. The third-order valence-corrected chi connectivity index (χ3v) is 3.18. The summed E-state index contributed by atoms with van der Waals surface area (Å²) >= 11 is 0. The molecule has 0 radical (unpaired) electrons. The summed E-state index contributed by atoms with van der Waals surface area (Å²) < 4.78 is 0. The fourth-order valence-electron chi connectivity index (χ4n) is 2.92. The minimum atomic E-state index is -0.215. The Morgan fingerprint density at radius 2 is 1.83 bits per heavy atom. The SMILES string of the molecule is CC(CO)NC(=O)NC1CC(C)(C)NC(C)(C)C1. The molecule has 1 atom stereocenters. The maximum atomic E-state index is 11.7. The Hall–Kier alpha value is -0.810. The molecule has 0 aromatic carbocycles. The standard InChI is InChI=1S/C13H27N3O2/c1-9(8-17)14-11(18)15-10-6-12(2,3)16-13(4,5)7-10/h9-10,16-17H,6-8H2,1-5H3,(H2,14,15,18). The zero-order chi connectivity index (χ0) is 14.0. The summed E-state index contributed by atoms with van der Waals surface area (Å²) in [6.07, 6.45) is 1.80. The van der Waals surface area contributed by atoms with Gasteiger partial charge in [-0.2, -0.15) is 0 Å². The molecular formula is C13H27N3O2. The molecule has 1 heterocycles. The Morgan fingerprint density at radius 3 is 2.28 bits per heavy atom. The first-order valence-corrected chi connectivity index (χ1v) is 6.61. The van der Waals surface area contributed by atoms with Crippen LogP contribution in [-0.2, 0) is 0 Å². The maximum absolute atomic E-state index is 11.7. The van der Waals surface area contributed by atoms with Crippen LogP contribution in [0.1, 0.15) is 47.5 Å². The third kappa shape index (κ3) is 4.82. The molecular weight excluding hydrogens is 230 g/mol. The number of urea groups is 1. The van der Waals surface area contributed by atoms with E-state index in [1.165, 1.54) is 0 Å². The summed E-state index contributed by atoms with van der Waals surface area (Å²) in [5, 5.41) is 18.2. The molecule has 0 aromatic heterocycles. The fourth-order valence-corrected chi connectivity index (χ4v) is 2.92. The third-order valence-electron chi connectivity index (χ3n) is 3.18. The van der Waals surface area contributed by atoms with Gasteiger partial charge in [0, 0.05) is 17.1 Å². The molecule has 1 aliphatic heterocycles. The number of carbonyl (C=O) groups is 1. The lowest BCUT2D eigenvalue weighted by Gasteiger charge is -2.46. The van der Waals surface area contributed by atoms with Crippen molar-refractivity contribution in [3.8, 4) is 0 Å². The molecule has 0 saturated carbocycles. The monoisotopic (exact) mass is 257 g/mol. The van der Waals surface area contributed by atoms with E-state index in [0.717, 1.165) is 12.8 Å². The van der Waals surface area contributed by atoms with Gasteiger partial charge in [0.2, 0.25) is 0 Å². The van der Waals surface area contributed by atoms with Gasteiger partial charge in [0.25, 0.3) is 0 Å². The molecule has 1 fully saturated rings. The second-order valence-electron chi connectivity index (χ2n) is 6.70. The molecule has 1 aliphatic rings. The molecule has 1 rings (SSSR count). The van der Waals surface area contributed by atoms with Gasteiger partial charge in [-0.15, -0.1) is 0 Å². The highest BCUT2D eigenvalue weighted by Gasteiger charge is 2.38. The van der Waals surface area contributed by atoms with Crippen molar-refractivity contribution in [3.63, 3.8) is 0 Å². The first kappa shape index (κ1) is 15.2. The van der Waals surface area contributed by atoms with E-state index in [4.69, 9.17) is 5.11 Å². The number of rotatable bonds is 3. The molecule has 4 N–H and O–H groups in total. The fraction of sp³-hybridized carbons (Fsp3) is 0.923. The Labute approximate surface area is 110 Å². The number of nitrogens with one attached hydrogen (secondary N) is 3. The number of hydrogen-bond acceptors (Lipinski definition) is 3. The zero-order valence-electron chi connectivity index (χ0n) is 12.1. The van der Waals surface area contributed by atoms with Crippen molar-refractivity contribution < 1.29 is 9.90 Å². The van der Waals surface area contributed by atoms with Gasteiger partial charge in [-0.1, -0.05) is 0 Å². The highest BCUT2D eigenvalue weighted by Crippen LogP contribution is 2.28. The van der Waals surface area contributed by atoms with Crippen molar-refractivity contribution in [2.75, 3.05) is 6.61 Å². The van der Waals surface area contributed by atoms with Crippen LogP contribution < -0.4 is 16.0 Å². The lowest BCUT2D eigenvalue weighted by Crippen LogP contribution is -2.63. The van der Waals surface area contributed by atoms with E-state index in [0.29, 0.717) is 0 Å². The summed E-state index contributed by atoms with van der Waals surface area (Å²) in [5.41, 5.74) is 0.0323. The molecule has 0 spiro atoms. The number of aliphatic hydroxyl groups excluding tert-OH is 1. The molecule has 106 valence electrons. The second kappa shape index (κ2) is 5.45. The summed E-state index contributed by atoms with van der Waals surface area (Å²) in [6, 6.07) is -0.259. The van der Waals surface area contributed by atoms with E-state index < -0.39 is 0 Å². The number of amides is 2. The topological polar surface area (TPSA) is 73.4 Å². The van der Waals surface area contributed by atoms with Crippen LogP contribution in [0.4, 0.5) is 4.79 Å². The van der Waals surface area contributed by atoms with Crippen LogP contribution >= 0.6 is 0 Å². The van der Waals surface area contributed by atoms with Crippen LogP contribution in [0.3, 0.4) is 0 Å². The van der Waals surface area contributed by atoms with E-state index in [1.807, 2.05) is 0 Å². The number of aliphatic hydroxyl groups is 1. The van der Waals surface area contributed by atoms with Gasteiger partial charge >= 0.3 is 6.03 Å². The molecule has 5 heteroatoms. The molecule has 0 aromatic rings. The quantitative estimate of drug-likeness (QED) is 0.609. The minimum absolute atomic E-state index is 0.0162. The molecule has 1 saturated heterocycles. The first-order chi connectivity index (χ1) is 8.13. The lowest BCUT2D eigenvalue weighted by molar-refractivity contribution is 0.146. The summed E-state index contributed by atoms with van der Waals surface area (Å²) in [7, 11) is 0. The van der Waals surface area contributed by atoms with Crippen LogP contribution in [-0.4, -0.2) is 40.9 Å². The number of carbonyl (C=O) groups excluding carboxylic acids is 1. The van der Waals surface area contributed by atoms with Crippen molar-refractivity contribution in [1.82, 2.24) is 16.0 Å². The van der Waals surface area contributed by atoms with Gasteiger partial charge < -0.3 is 21.1 Å². The average Bonchev–Trinajstić information content (AvgIpc) is 2.11. The van der Waals surface area contributed by atoms with Crippen LogP contribution in [0.15, 0.2) is 0 Å². The molecule has 18 heavy (non-hydrogen) atoms. The van der Waals surface area contributed by atoms with Crippen molar-refractivity contribution in [2.24, 2.45) is 0 Å². The number of piperidine rings is 1. The van der Waals surface area contributed by atoms with Crippen molar-refractivity contribution in [1.29, 1.82) is 0 Å².